The van der Waals surface area contributed by atoms with Gasteiger partial charge in [0.2, 0.25) is 5.91 Å². The Labute approximate surface area is 226 Å². The van der Waals surface area contributed by atoms with E-state index in [-0.39, 0.29) is 37.3 Å². The number of urea groups is 1. The molecule has 2 fully saturated rings. The highest BCUT2D eigenvalue weighted by atomic mass is 19.1. The molecule has 0 bridgehead atoms. The van der Waals surface area contributed by atoms with Crippen LogP contribution in [0.5, 0.6) is 5.75 Å². The lowest BCUT2D eigenvalue weighted by molar-refractivity contribution is -0.188. The maximum absolute atomic E-state index is 13.9. The number of carbonyl (C=O) groups is 3. The fraction of sp³-hybridized carbons (Fsp3) is 0.276. The van der Waals surface area contributed by atoms with Crippen LogP contribution in [0.25, 0.3) is 0 Å². The first kappa shape index (κ1) is 26.2. The van der Waals surface area contributed by atoms with Crippen LogP contribution >= 0.6 is 0 Å². The number of hydrazine groups is 1. The molecular weight excluding hydrogens is 501 g/mol. The third-order valence-electron chi connectivity index (χ3n) is 7.04. The Morgan fingerprint density at radius 2 is 1.64 bits per heavy atom. The molecule has 1 N–H and O–H groups in total. The van der Waals surface area contributed by atoms with Crippen LogP contribution in [0.15, 0.2) is 78.9 Å². The molecule has 0 radical (unpaired) electrons. The zero-order valence-corrected chi connectivity index (χ0v) is 21.8. The largest absolute Gasteiger partial charge is 0.497 e. The summed E-state index contributed by atoms with van der Waals surface area (Å²) in [5.41, 5.74) is 2.31. The Balaban J connectivity index is 1.45. The molecular formula is C29H30FN5O4. The van der Waals surface area contributed by atoms with Crippen LogP contribution in [0.2, 0.25) is 0 Å². The molecule has 5 rings (SSSR count). The molecule has 2 aliphatic rings. The maximum atomic E-state index is 13.9. The Morgan fingerprint density at radius 3 is 2.31 bits per heavy atom. The summed E-state index contributed by atoms with van der Waals surface area (Å²) in [5.74, 6) is -0.0967. The number of nitrogens with one attached hydrogen (secondary N) is 1. The van der Waals surface area contributed by atoms with Gasteiger partial charge in [0.1, 0.15) is 23.8 Å². The molecule has 2 atom stereocenters. The molecule has 0 unspecified atom stereocenters. The monoisotopic (exact) mass is 531 g/mol. The first-order chi connectivity index (χ1) is 18.9. The van der Waals surface area contributed by atoms with Gasteiger partial charge in [-0.25, -0.2) is 19.2 Å². The smallest absolute Gasteiger partial charge is 0.334 e. The van der Waals surface area contributed by atoms with Gasteiger partial charge in [0.25, 0.3) is 5.91 Å². The lowest BCUT2D eigenvalue weighted by atomic mass is 9.98. The number of hydrogen-bond donors (Lipinski definition) is 1. The van der Waals surface area contributed by atoms with E-state index in [1.54, 1.807) is 36.2 Å². The van der Waals surface area contributed by atoms with Crippen molar-refractivity contribution in [1.29, 1.82) is 0 Å². The van der Waals surface area contributed by atoms with Gasteiger partial charge in [-0.2, -0.15) is 0 Å². The average Bonchev–Trinajstić information content (AvgIpc) is 2.94. The number of rotatable bonds is 6. The van der Waals surface area contributed by atoms with Gasteiger partial charge in [0.05, 0.1) is 20.2 Å². The second-order valence-electron chi connectivity index (χ2n) is 9.61. The van der Waals surface area contributed by atoms with E-state index in [0.29, 0.717) is 17.9 Å². The number of carbonyl (C=O) groups excluding carboxylic acids is 3. The third-order valence-corrected chi connectivity index (χ3v) is 7.04. The molecule has 3 aromatic rings. The summed E-state index contributed by atoms with van der Waals surface area (Å²) >= 11 is 0. The minimum atomic E-state index is -0.878. The fourth-order valence-corrected chi connectivity index (χ4v) is 5.11. The number of likely N-dealkylation sites (N-methyl/N-ethyl adjacent to an activating group) is 1. The Bertz CT molecular complexity index is 1340. The number of methoxy groups -OCH3 is 1. The lowest BCUT2D eigenvalue weighted by Gasteiger charge is -2.54. The Hall–Kier alpha value is -4.44. The Kier molecular flexibility index (Phi) is 7.47. The first-order valence-corrected chi connectivity index (χ1v) is 12.7. The number of benzene rings is 3. The van der Waals surface area contributed by atoms with E-state index in [1.165, 1.54) is 22.0 Å². The van der Waals surface area contributed by atoms with E-state index >= 15 is 0 Å². The predicted molar refractivity (Wildman–Crippen MR) is 141 cm³/mol. The summed E-state index contributed by atoms with van der Waals surface area (Å²) in [6, 6.07) is 21.2. The second-order valence-corrected chi connectivity index (χ2v) is 9.61. The number of hydrogen-bond acceptors (Lipinski definition) is 5. The van der Waals surface area contributed by atoms with Crippen LogP contribution in [0.1, 0.15) is 22.7 Å². The summed E-state index contributed by atoms with van der Waals surface area (Å²) < 4.78 is 18.6. The van der Waals surface area contributed by atoms with Crippen LogP contribution in [0.3, 0.4) is 0 Å². The fourth-order valence-electron chi connectivity index (χ4n) is 5.11. The predicted octanol–water partition coefficient (Wildman–Crippen LogP) is 3.14. The van der Waals surface area contributed by atoms with Gasteiger partial charge < -0.3 is 19.9 Å². The highest BCUT2D eigenvalue weighted by Gasteiger charge is 2.51. The van der Waals surface area contributed by atoms with Gasteiger partial charge in [0, 0.05) is 20.1 Å². The molecule has 9 nitrogen and oxygen atoms in total. The number of fused-ring (bicyclic) bond motifs is 1. The van der Waals surface area contributed by atoms with E-state index < -0.39 is 18.2 Å². The lowest BCUT2D eigenvalue weighted by Crippen LogP contribution is -2.73. The van der Waals surface area contributed by atoms with Crippen molar-refractivity contribution >= 4 is 17.8 Å². The average molecular weight is 532 g/mol. The van der Waals surface area contributed by atoms with Gasteiger partial charge in [-0.15, -0.1) is 0 Å². The number of amides is 4. The molecule has 10 heteroatoms. The zero-order chi connectivity index (χ0) is 27.5. The molecule has 3 aromatic carbocycles. The summed E-state index contributed by atoms with van der Waals surface area (Å²) in [5, 5.41) is 5.95. The molecule has 2 saturated heterocycles. The minimum absolute atomic E-state index is 0.0600. The van der Waals surface area contributed by atoms with Gasteiger partial charge in [-0.1, -0.05) is 54.6 Å². The highest BCUT2D eigenvalue weighted by Crippen LogP contribution is 2.35. The summed E-state index contributed by atoms with van der Waals surface area (Å²) in [6.45, 7) is 0.560. The third kappa shape index (κ3) is 5.42. The van der Waals surface area contributed by atoms with Crippen molar-refractivity contribution in [2.45, 2.75) is 25.3 Å². The molecule has 4 amide bonds. The first-order valence-electron chi connectivity index (χ1n) is 12.7. The van der Waals surface area contributed by atoms with Crippen molar-refractivity contribution in [3.05, 3.63) is 101 Å². The normalized spacial score (nSPS) is 19.6. The molecule has 202 valence electrons. The number of piperazine rings is 1. The number of ether oxygens (including phenoxy) is 1. The van der Waals surface area contributed by atoms with Crippen LogP contribution in [0.4, 0.5) is 9.18 Å². The molecule has 2 heterocycles. The van der Waals surface area contributed by atoms with Crippen LogP contribution in [-0.2, 0) is 22.7 Å². The van der Waals surface area contributed by atoms with E-state index in [1.807, 2.05) is 54.6 Å². The summed E-state index contributed by atoms with van der Waals surface area (Å²) in [4.78, 5) is 44.0. The van der Waals surface area contributed by atoms with E-state index in [2.05, 4.69) is 5.32 Å². The van der Waals surface area contributed by atoms with Gasteiger partial charge in [-0.05, 0) is 41.0 Å². The molecule has 39 heavy (non-hydrogen) atoms. The standard InChI is InChI=1S/C29H30FN5O4/c1-32-19-26(36)34-25(35(32)29(38)31-16-20-8-12-23(30)13-9-20)18-33(17-21-10-14-24(39-2)15-11-21)28(37)27(34)22-6-4-3-5-7-22/h3-15,25,27H,16-19H2,1-2H3,(H,31,38)/t25-,27-/m0/s1. The van der Waals surface area contributed by atoms with Crippen molar-refractivity contribution in [2.75, 3.05) is 27.2 Å². The van der Waals surface area contributed by atoms with Gasteiger partial charge >= 0.3 is 6.03 Å². The summed E-state index contributed by atoms with van der Waals surface area (Å²) in [6.07, 6.45) is -0.731. The summed E-state index contributed by atoms with van der Waals surface area (Å²) in [7, 11) is 3.27. The van der Waals surface area contributed by atoms with E-state index in [4.69, 9.17) is 4.74 Å². The second kappa shape index (κ2) is 11.1. The van der Waals surface area contributed by atoms with Gasteiger partial charge in [-0.3, -0.25) is 9.59 Å². The van der Waals surface area contributed by atoms with E-state index in [9.17, 15) is 18.8 Å². The van der Waals surface area contributed by atoms with Crippen molar-refractivity contribution in [2.24, 2.45) is 0 Å². The number of halogens is 1. The quantitative estimate of drug-likeness (QED) is 0.528. The minimum Gasteiger partial charge on any atom is -0.497 e. The molecule has 0 aliphatic carbocycles. The van der Waals surface area contributed by atoms with Crippen LogP contribution in [0, 0.1) is 5.82 Å². The van der Waals surface area contributed by atoms with Crippen molar-refractivity contribution in [3.8, 4) is 5.75 Å². The molecule has 0 aromatic heterocycles. The molecule has 0 saturated carbocycles. The number of nitrogens with zero attached hydrogens (tertiary/aromatic N) is 4. The van der Waals surface area contributed by atoms with Crippen molar-refractivity contribution in [1.82, 2.24) is 25.1 Å². The van der Waals surface area contributed by atoms with E-state index in [0.717, 1.165) is 11.1 Å². The van der Waals surface area contributed by atoms with Crippen molar-refractivity contribution in [3.63, 3.8) is 0 Å². The van der Waals surface area contributed by atoms with Crippen LogP contribution in [-0.4, -0.2) is 71.1 Å². The maximum Gasteiger partial charge on any atom is 0.334 e. The zero-order valence-electron chi connectivity index (χ0n) is 21.8. The molecule has 0 spiro atoms. The van der Waals surface area contributed by atoms with Gasteiger partial charge in [0.15, 0.2) is 0 Å². The van der Waals surface area contributed by atoms with Crippen LogP contribution < -0.4 is 10.1 Å². The SMILES string of the molecule is COc1ccc(CN2C[C@H]3N(C(=O)CN(C)N3C(=O)NCc3ccc(F)cc3)[C@@H](c3ccccc3)C2=O)cc1. The highest BCUT2D eigenvalue weighted by molar-refractivity contribution is 5.92. The topological polar surface area (TPSA) is 85.4 Å². The van der Waals surface area contributed by atoms with Crippen molar-refractivity contribution < 1.29 is 23.5 Å². The Morgan fingerprint density at radius 1 is 0.974 bits per heavy atom. The molecule has 2 aliphatic heterocycles.